The van der Waals surface area contributed by atoms with Crippen LogP contribution in [0.25, 0.3) is 0 Å². The Bertz CT molecular complexity index is 145. The summed E-state index contributed by atoms with van der Waals surface area (Å²) in [7, 11) is 3.00. The molecule has 0 aromatic carbocycles. The highest BCUT2D eigenvalue weighted by Crippen LogP contribution is 1.78. The van der Waals surface area contributed by atoms with E-state index in [0.29, 0.717) is 0 Å². The summed E-state index contributed by atoms with van der Waals surface area (Å²) in [6.45, 7) is 1.51. The normalized spacial score (nSPS) is 10.2. The molecular formula is C8H15NO3. The van der Waals surface area contributed by atoms with Gasteiger partial charge in [0, 0.05) is 32.5 Å². The lowest BCUT2D eigenvalue weighted by Crippen LogP contribution is -2.10. The predicted molar refractivity (Wildman–Crippen MR) is 45.7 cm³/mol. The Kier molecular flexibility index (Phi) is 7.38. The molecule has 0 fully saturated rings. The highest BCUT2D eigenvalue weighted by Gasteiger charge is 1.88. The number of rotatable bonds is 6. The van der Waals surface area contributed by atoms with Crippen LogP contribution < -0.4 is 5.32 Å². The minimum absolute atomic E-state index is 0.353. The Morgan fingerprint density at radius 2 is 2.25 bits per heavy atom. The fourth-order valence-corrected chi connectivity index (χ4v) is 0.597. The summed E-state index contributed by atoms with van der Waals surface area (Å²) in [5.41, 5.74) is 0. The SMILES string of the molecule is COCCCN/C=C/C(=O)OC. The first-order valence-corrected chi connectivity index (χ1v) is 3.78. The van der Waals surface area contributed by atoms with Crippen molar-refractivity contribution in [2.45, 2.75) is 6.42 Å². The second-order valence-electron chi connectivity index (χ2n) is 2.16. The molecule has 0 saturated heterocycles. The Labute approximate surface area is 72.5 Å². The van der Waals surface area contributed by atoms with Crippen molar-refractivity contribution >= 4 is 5.97 Å². The number of esters is 1. The van der Waals surface area contributed by atoms with Gasteiger partial charge in [0.1, 0.15) is 0 Å². The lowest BCUT2D eigenvalue weighted by Gasteiger charge is -1.98. The van der Waals surface area contributed by atoms with Crippen LogP contribution >= 0.6 is 0 Å². The maximum Gasteiger partial charge on any atom is 0.331 e. The highest BCUT2D eigenvalue weighted by atomic mass is 16.5. The molecule has 0 heterocycles. The van der Waals surface area contributed by atoms with Gasteiger partial charge >= 0.3 is 5.97 Å². The molecule has 4 nitrogen and oxygen atoms in total. The van der Waals surface area contributed by atoms with Gasteiger partial charge in [0.05, 0.1) is 7.11 Å². The smallest absolute Gasteiger partial charge is 0.331 e. The van der Waals surface area contributed by atoms with Gasteiger partial charge in [-0.2, -0.15) is 0 Å². The third-order valence-electron chi connectivity index (χ3n) is 1.21. The molecule has 0 aromatic heterocycles. The van der Waals surface area contributed by atoms with Crippen molar-refractivity contribution in [3.63, 3.8) is 0 Å². The molecule has 0 unspecified atom stereocenters. The highest BCUT2D eigenvalue weighted by molar-refractivity contribution is 5.81. The summed E-state index contributed by atoms with van der Waals surface area (Å²) in [6, 6.07) is 0. The summed E-state index contributed by atoms with van der Waals surface area (Å²) in [6.07, 6.45) is 3.83. The maximum atomic E-state index is 10.5. The summed E-state index contributed by atoms with van der Waals surface area (Å²) < 4.78 is 9.22. The van der Waals surface area contributed by atoms with Crippen molar-refractivity contribution in [2.24, 2.45) is 0 Å². The predicted octanol–water partition coefficient (Wildman–Crippen LogP) is 0.299. The number of hydrogen-bond acceptors (Lipinski definition) is 4. The van der Waals surface area contributed by atoms with Gasteiger partial charge < -0.3 is 14.8 Å². The van der Waals surface area contributed by atoms with Gasteiger partial charge in [0.15, 0.2) is 0 Å². The van der Waals surface area contributed by atoms with E-state index in [2.05, 4.69) is 10.1 Å². The van der Waals surface area contributed by atoms with Gasteiger partial charge in [-0.05, 0) is 6.42 Å². The lowest BCUT2D eigenvalue weighted by atomic mass is 10.4. The molecule has 0 aromatic rings. The molecule has 0 saturated carbocycles. The van der Waals surface area contributed by atoms with E-state index in [4.69, 9.17) is 4.74 Å². The molecule has 0 atom stereocenters. The molecule has 1 N–H and O–H groups in total. The molecule has 0 rings (SSSR count). The van der Waals surface area contributed by atoms with Crippen LogP contribution in [0.5, 0.6) is 0 Å². The van der Waals surface area contributed by atoms with E-state index in [0.717, 1.165) is 19.6 Å². The molecule has 4 heteroatoms. The largest absolute Gasteiger partial charge is 0.466 e. The average molecular weight is 173 g/mol. The zero-order valence-corrected chi connectivity index (χ0v) is 7.50. The summed E-state index contributed by atoms with van der Waals surface area (Å²) >= 11 is 0. The van der Waals surface area contributed by atoms with Crippen molar-refractivity contribution in [1.29, 1.82) is 0 Å². The van der Waals surface area contributed by atoms with Crippen molar-refractivity contribution < 1.29 is 14.3 Å². The van der Waals surface area contributed by atoms with Crippen LogP contribution in [0.2, 0.25) is 0 Å². The standard InChI is InChI=1S/C8H15NO3/c1-11-7-3-5-9-6-4-8(10)12-2/h4,6,9H,3,5,7H2,1-2H3/b6-4+. The molecule has 0 amide bonds. The Morgan fingerprint density at radius 1 is 1.50 bits per heavy atom. The number of carbonyl (C=O) groups excluding carboxylic acids is 1. The molecule has 0 aliphatic rings. The number of hydrogen-bond donors (Lipinski definition) is 1. The molecule has 0 radical (unpaired) electrons. The Hall–Kier alpha value is -1.03. The topological polar surface area (TPSA) is 47.6 Å². The maximum absolute atomic E-state index is 10.5. The van der Waals surface area contributed by atoms with Gasteiger partial charge in [-0.1, -0.05) is 0 Å². The van der Waals surface area contributed by atoms with E-state index < -0.39 is 0 Å². The van der Waals surface area contributed by atoms with Gasteiger partial charge in [0.25, 0.3) is 0 Å². The second kappa shape index (κ2) is 8.07. The quantitative estimate of drug-likeness (QED) is 0.356. The van der Waals surface area contributed by atoms with E-state index in [-0.39, 0.29) is 5.97 Å². The van der Waals surface area contributed by atoms with Crippen LogP contribution in [0, 0.1) is 0 Å². The fraction of sp³-hybridized carbons (Fsp3) is 0.625. The van der Waals surface area contributed by atoms with E-state index in [1.54, 1.807) is 13.3 Å². The molecule has 0 aliphatic heterocycles. The van der Waals surface area contributed by atoms with Crippen LogP contribution in [-0.2, 0) is 14.3 Å². The van der Waals surface area contributed by atoms with Gasteiger partial charge in [-0.25, -0.2) is 4.79 Å². The van der Waals surface area contributed by atoms with Gasteiger partial charge in [-0.15, -0.1) is 0 Å². The van der Waals surface area contributed by atoms with Crippen LogP contribution in [0.1, 0.15) is 6.42 Å². The summed E-state index contributed by atoms with van der Waals surface area (Å²) in [4.78, 5) is 10.5. The zero-order chi connectivity index (χ0) is 9.23. The number of methoxy groups -OCH3 is 2. The van der Waals surface area contributed by atoms with E-state index in [1.165, 1.54) is 13.2 Å². The first-order chi connectivity index (χ1) is 5.81. The van der Waals surface area contributed by atoms with Crippen LogP contribution in [0.15, 0.2) is 12.3 Å². The minimum Gasteiger partial charge on any atom is -0.466 e. The summed E-state index contributed by atoms with van der Waals surface area (Å²) in [5.74, 6) is -0.353. The van der Waals surface area contributed by atoms with Crippen molar-refractivity contribution in [3.8, 4) is 0 Å². The van der Waals surface area contributed by atoms with Gasteiger partial charge in [-0.3, -0.25) is 0 Å². The Balaban J connectivity index is 3.18. The first-order valence-electron chi connectivity index (χ1n) is 3.78. The number of carbonyl (C=O) groups is 1. The molecular weight excluding hydrogens is 158 g/mol. The van der Waals surface area contributed by atoms with Gasteiger partial charge in [0.2, 0.25) is 0 Å². The summed E-state index contributed by atoms with van der Waals surface area (Å²) in [5, 5.41) is 2.92. The molecule has 70 valence electrons. The minimum atomic E-state index is -0.353. The third kappa shape index (κ3) is 7.08. The van der Waals surface area contributed by atoms with E-state index >= 15 is 0 Å². The van der Waals surface area contributed by atoms with Crippen LogP contribution in [-0.4, -0.2) is 33.3 Å². The van der Waals surface area contributed by atoms with E-state index in [9.17, 15) is 4.79 Å². The van der Waals surface area contributed by atoms with Crippen LogP contribution in [0.3, 0.4) is 0 Å². The van der Waals surface area contributed by atoms with Crippen molar-refractivity contribution in [2.75, 3.05) is 27.4 Å². The number of ether oxygens (including phenoxy) is 2. The number of nitrogens with one attached hydrogen (secondary N) is 1. The van der Waals surface area contributed by atoms with Crippen LogP contribution in [0.4, 0.5) is 0 Å². The fourth-order valence-electron chi connectivity index (χ4n) is 0.597. The molecule has 12 heavy (non-hydrogen) atoms. The van der Waals surface area contributed by atoms with Crippen molar-refractivity contribution in [3.05, 3.63) is 12.3 Å². The third-order valence-corrected chi connectivity index (χ3v) is 1.21. The van der Waals surface area contributed by atoms with Crippen molar-refractivity contribution in [1.82, 2.24) is 5.32 Å². The molecule has 0 aliphatic carbocycles. The Morgan fingerprint density at radius 3 is 2.83 bits per heavy atom. The molecule has 0 bridgehead atoms. The molecule has 0 spiro atoms. The second-order valence-corrected chi connectivity index (χ2v) is 2.16. The zero-order valence-electron chi connectivity index (χ0n) is 7.50. The van der Waals surface area contributed by atoms with E-state index in [1.807, 2.05) is 0 Å². The monoisotopic (exact) mass is 173 g/mol. The lowest BCUT2D eigenvalue weighted by molar-refractivity contribution is -0.134. The first kappa shape index (κ1) is 11.0. The average Bonchev–Trinajstić information content (AvgIpc) is 2.10.